The minimum absolute atomic E-state index is 0.122. The molecule has 0 bridgehead atoms. The van der Waals surface area contributed by atoms with Crippen LogP contribution in [0.15, 0.2) is 59.1 Å². The lowest BCUT2D eigenvalue weighted by Crippen LogP contribution is -2.41. The van der Waals surface area contributed by atoms with Crippen molar-refractivity contribution >= 4 is 50.2 Å². The van der Waals surface area contributed by atoms with Gasteiger partial charge in [0.15, 0.2) is 0 Å². The monoisotopic (exact) mass is 520 g/mol. The van der Waals surface area contributed by atoms with Crippen LogP contribution in [0.4, 0.5) is 5.69 Å². The van der Waals surface area contributed by atoms with Crippen LogP contribution in [0.3, 0.4) is 0 Å². The molecule has 5 rings (SSSR count). The van der Waals surface area contributed by atoms with Crippen molar-refractivity contribution in [2.45, 2.75) is 25.7 Å². The summed E-state index contributed by atoms with van der Waals surface area (Å²) in [5.74, 6) is -1.01. The highest BCUT2D eigenvalue weighted by atomic mass is 79.9. The van der Waals surface area contributed by atoms with E-state index >= 15 is 0 Å². The first-order valence-corrected chi connectivity index (χ1v) is 12.4. The fourth-order valence-corrected chi connectivity index (χ4v) is 5.07. The maximum absolute atomic E-state index is 13.3. The summed E-state index contributed by atoms with van der Waals surface area (Å²) in [5, 5.41) is 1.71. The summed E-state index contributed by atoms with van der Waals surface area (Å²) in [6.45, 7) is 2.29. The van der Waals surface area contributed by atoms with Gasteiger partial charge in [0.2, 0.25) is 0 Å². The molecule has 0 unspecified atom stereocenters. The Kier molecular flexibility index (Phi) is 6.37. The zero-order valence-corrected chi connectivity index (χ0v) is 20.3. The van der Waals surface area contributed by atoms with E-state index in [1.807, 2.05) is 24.3 Å². The molecule has 3 aromatic rings. The van der Waals surface area contributed by atoms with Crippen molar-refractivity contribution in [3.8, 4) is 0 Å². The van der Waals surface area contributed by atoms with E-state index in [1.54, 1.807) is 30.3 Å². The van der Waals surface area contributed by atoms with Gasteiger partial charge in [0.25, 0.3) is 11.8 Å². The number of benzene rings is 3. The number of rotatable bonds is 6. The van der Waals surface area contributed by atoms with E-state index in [1.165, 1.54) is 11.3 Å². The Balaban J connectivity index is 1.31. The van der Waals surface area contributed by atoms with Gasteiger partial charge in [0.05, 0.1) is 12.2 Å². The van der Waals surface area contributed by atoms with Crippen LogP contribution in [0.5, 0.6) is 0 Å². The molecule has 2 aliphatic heterocycles. The first kappa shape index (κ1) is 22.6. The number of piperidine rings is 1. The molecule has 0 N–H and O–H groups in total. The summed E-state index contributed by atoms with van der Waals surface area (Å²) in [6.07, 6.45) is 3.92. The molecule has 0 atom stereocenters. The maximum atomic E-state index is 13.3. The number of anilines is 1. The second kappa shape index (κ2) is 9.58. The van der Waals surface area contributed by atoms with Gasteiger partial charge >= 0.3 is 5.97 Å². The van der Waals surface area contributed by atoms with E-state index < -0.39 is 5.97 Å². The van der Waals surface area contributed by atoms with Crippen LogP contribution in [0.2, 0.25) is 0 Å². The zero-order chi connectivity index (χ0) is 23.7. The molecule has 0 aromatic heterocycles. The summed E-state index contributed by atoms with van der Waals surface area (Å²) in [6, 6.07) is 16.5. The van der Waals surface area contributed by atoms with Gasteiger partial charge in [0.1, 0.15) is 0 Å². The molecular formula is C27H25BrN2O4. The Hall–Kier alpha value is -3.19. The van der Waals surface area contributed by atoms with Gasteiger partial charge in [-0.15, -0.1) is 0 Å². The standard InChI is InChI=1S/C27H25BrN2O4/c28-19-10-8-18(9-11-19)27(33)34-17-5-16-30-25(31)21-7-4-6-20-23(29-14-2-1-3-15-29)13-12-22(24(20)21)26(30)32/h4,6-13H,1-3,5,14-17H2. The molecule has 2 heterocycles. The van der Waals surface area contributed by atoms with Crippen molar-refractivity contribution in [2.24, 2.45) is 0 Å². The Labute approximate surface area is 206 Å². The number of amides is 2. The Bertz CT molecular complexity index is 1240. The van der Waals surface area contributed by atoms with Gasteiger partial charge < -0.3 is 9.64 Å². The first-order valence-electron chi connectivity index (χ1n) is 11.6. The number of carbonyl (C=O) groups is 3. The van der Waals surface area contributed by atoms with Crippen molar-refractivity contribution in [1.29, 1.82) is 0 Å². The average molecular weight is 521 g/mol. The van der Waals surface area contributed by atoms with Crippen molar-refractivity contribution in [1.82, 2.24) is 4.90 Å². The van der Waals surface area contributed by atoms with Crippen LogP contribution in [0.1, 0.15) is 56.8 Å². The minimum Gasteiger partial charge on any atom is -0.462 e. The third kappa shape index (κ3) is 4.20. The molecule has 34 heavy (non-hydrogen) atoms. The minimum atomic E-state index is -0.427. The van der Waals surface area contributed by atoms with Crippen LogP contribution in [0, 0.1) is 0 Å². The van der Waals surface area contributed by atoms with Crippen LogP contribution in [0.25, 0.3) is 10.8 Å². The Morgan fingerprint density at radius 2 is 1.59 bits per heavy atom. The molecule has 3 aromatic carbocycles. The van der Waals surface area contributed by atoms with E-state index in [-0.39, 0.29) is 25.0 Å². The second-order valence-corrected chi connectivity index (χ2v) is 9.58. The van der Waals surface area contributed by atoms with Crippen LogP contribution in [-0.4, -0.2) is 48.9 Å². The van der Waals surface area contributed by atoms with E-state index in [0.717, 1.165) is 46.9 Å². The summed E-state index contributed by atoms with van der Waals surface area (Å²) >= 11 is 3.34. The molecule has 1 saturated heterocycles. The van der Waals surface area contributed by atoms with Gasteiger partial charge in [0, 0.05) is 51.7 Å². The van der Waals surface area contributed by atoms with Crippen molar-refractivity contribution in [3.63, 3.8) is 0 Å². The van der Waals surface area contributed by atoms with E-state index in [2.05, 4.69) is 20.8 Å². The molecule has 174 valence electrons. The molecule has 7 heteroatoms. The normalized spacial score (nSPS) is 15.7. The molecule has 0 aliphatic carbocycles. The molecule has 0 saturated carbocycles. The molecule has 0 radical (unpaired) electrons. The molecule has 1 fully saturated rings. The van der Waals surface area contributed by atoms with Gasteiger partial charge in [-0.1, -0.05) is 28.1 Å². The highest BCUT2D eigenvalue weighted by molar-refractivity contribution is 9.10. The largest absolute Gasteiger partial charge is 0.462 e. The maximum Gasteiger partial charge on any atom is 0.338 e. The van der Waals surface area contributed by atoms with E-state index in [9.17, 15) is 14.4 Å². The SMILES string of the molecule is O=C(OCCCN1C(=O)c2cccc3c(N4CCCCC4)ccc(c23)C1=O)c1ccc(Br)cc1. The quantitative estimate of drug-likeness (QED) is 0.246. The number of hydrogen-bond acceptors (Lipinski definition) is 5. The summed E-state index contributed by atoms with van der Waals surface area (Å²) < 4.78 is 6.21. The van der Waals surface area contributed by atoms with Crippen LogP contribution in [-0.2, 0) is 4.74 Å². The lowest BCUT2D eigenvalue weighted by atomic mass is 9.92. The predicted molar refractivity (Wildman–Crippen MR) is 134 cm³/mol. The van der Waals surface area contributed by atoms with Crippen LogP contribution >= 0.6 is 15.9 Å². The van der Waals surface area contributed by atoms with Gasteiger partial charge in [-0.05, 0) is 68.1 Å². The Morgan fingerprint density at radius 1 is 0.882 bits per heavy atom. The second-order valence-electron chi connectivity index (χ2n) is 8.67. The van der Waals surface area contributed by atoms with E-state index in [4.69, 9.17) is 4.74 Å². The zero-order valence-electron chi connectivity index (χ0n) is 18.8. The summed E-state index contributed by atoms with van der Waals surface area (Å²) in [5.41, 5.74) is 2.66. The fraction of sp³-hybridized carbons (Fsp3) is 0.296. The van der Waals surface area contributed by atoms with Crippen molar-refractivity contribution < 1.29 is 19.1 Å². The lowest BCUT2D eigenvalue weighted by molar-refractivity contribution is 0.0476. The number of halogens is 1. The molecule has 2 aliphatic rings. The number of nitrogens with zero attached hydrogens (tertiary/aromatic N) is 2. The molecular weight excluding hydrogens is 496 g/mol. The topological polar surface area (TPSA) is 66.9 Å². The summed E-state index contributed by atoms with van der Waals surface area (Å²) in [7, 11) is 0. The van der Waals surface area contributed by atoms with Gasteiger partial charge in [-0.3, -0.25) is 14.5 Å². The average Bonchev–Trinajstić information content (AvgIpc) is 2.87. The highest BCUT2D eigenvalue weighted by Gasteiger charge is 2.33. The molecule has 2 amide bonds. The highest BCUT2D eigenvalue weighted by Crippen LogP contribution is 2.36. The predicted octanol–water partition coefficient (Wildman–Crippen LogP) is 5.44. The molecule has 0 spiro atoms. The van der Waals surface area contributed by atoms with Crippen molar-refractivity contribution in [3.05, 3.63) is 75.8 Å². The van der Waals surface area contributed by atoms with Crippen LogP contribution < -0.4 is 4.90 Å². The summed E-state index contributed by atoms with van der Waals surface area (Å²) in [4.78, 5) is 42.3. The smallest absolute Gasteiger partial charge is 0.338 e. The number of hydrogen-bond donors (Lipinski definition) is 0. The van der Waals surface area contributed by atoms with Gasteiger partial charge in [-0.25, -0.2) is 4.79 Å². The van der Waals surface area contributed by atoms with Gasteiger partial charge in [-0.2, -0.15) is 0 Å². The fourth-order valence-electron chi connectivity index (χ4n) is 4.80. The van der Waals surface area contributed by atoms with E-state index in [0.29, 0.717) is 23.1 Å². The third-order valence-corrected chi connectivity index (χ3v) is 7.03. The molecule has 6 nitrogen and oxygen atoms in total. The first-order chi connectivity index (χ1) is 16.5. The third-order valence-electron chi connectivity index (χ3n) is 6.50. The Morgan fingerprint density at radius 3 is 2.32 bits per heavy atom. The van der Waals surface area contributed by atoms with Crippen molar-refractivity contribution in [2.75, 3.05) is 31.1 Å². The number of imide groups is 1. The number of carbonyl (C=O) groups excluding carboxylic acids is 3. The number of esters is 1. The number of ether oxygens (including phenoxy) is 1. The lowest BCUT2D eigenvalue weighted by Gasteiger charge is -2.32.